The summed E-state index contributed by atoms with van der Waals surface area (Å²) in [4.78, 5) is 12.5. The fraction of sp³-hybridized carbons (Fsp3) is 0.235. The average molecular weight is 336 g/mol. The smallest absolute Gasteiger partial charge is 0.259 e. The Morgan fingerprint density at radius 3 is 2.52 bits per heavy atom. The Bertz CT molecular complexity index is 703. The van der Waals surface area contributed by atoms with Crippen LogP contribution in [-0.4, -0.2) is 26.7 Å². The number of methoxy groups -OCH3 is 2. The molecule has 0 saturated carbocycles. The molecular weight excluding hydrogens is 318 g/mol. The number of nitrogens with one attached hydrogen (secondary N) is 1. The number of hydrogen-bond acceptors (Lipinski definition) is 4. The summed E-state index contributed by atoms with van der Waals surface area (Å²) >= 11 is 5.99. The molecule has 1 amide bonds. The van der Waals surface area contributed by atoms with E-state index < -0.39 is 0 Å². The SMILES string of the molecule is CCOc1ccc(Cl)cc1C(=O)Nc1ccc(OC)cc1OC. The van der Waals surface area contributed by atoms with Crippen molar-refractivity contribution < 1.29 is 19.0 Å². The second-order valence-corrected chi connectivity index (χ2v) is 5.03. The molecule has 0 aliphatic rings. The van der Waals surface area contributed by atoms with Crippen molar-refractivity contribution in [3.63, 3.8) is 0 Å². The van der Waals surface area contributed by atoms with Crippen molar-refractivity contribution in [2.45, 2.75) is 6.92 Å². The fourth-order valence-electron chi connectivity index (χ4n) is 2.05. The number of amides is 1. The maximum Gasteiger partial charge on any atom is 0.259 e. The highest BCUT2D eigenvalue weighted by molar-refractivity contribution is 6.31. The van der Waals surface area contributed by atoms with Crippen molar-refractivity contribution >= 4 is 23.2 Å². The molecule has 5 nitrogen and oxygen atoms in total. The monoisotopic (exact) mass is 335 g/mol. The summed E-state index contributed by atoms with van der Waals surface area (Å²) in [6.45, 7) is 2.30. The quantitative estimate of drug-likeness (QED) is 0.866. The largest absolute Gasteiger partial charge is 0.497 e. The molecule has 0 spiro atoms. The van der Waals surface area contributed by atoms with E-state index in [9.17, 15) is 4.79 Å². The molecule has 0 fully saturated rings. The van der Waals surface area contributed by atoms with E-state index >= 15 is 0 Å². The van der Waals surface area contributed by atoms with Gasteiger partial charge in [0.2, 0.25) is 0 Å². The van der Waals surface area contributed by atoms with Gasteiger partial charge in [0.1, 0.15) is 17.2 Å². The first-order chi connectivity index (χ1) is 11.1. The van der Waals surface area contributed by atoms with E-state index in [1.165, 1.54) is 7.11 Å². The molecule has 0 aromatic heterocycles. The molecular formula is C17H18ClNO4. The minimum atomic E-state index is -0.334. The van der Waals surface area contributed by atoms with E-state index in [1.807, 2.05) is 6.92 Å². The van der Waals surface area contributed by atoms with Crippen LogP contribution in [0, 0.1) is 0 Å². The minimum Gasteiger partial charge on any atom is -0.497 e. The standard InChI is InChI=1S/C17H18ClNO4/c1-4-23-15-8-5-11(18)9-13(15)17(20)19-14-7-6-12(21-2)10-16(14)22-3/h5-10H,4H2,1-3H3,(H,19,20). The summed E-state index contributed by atoms with van der Waals surface area (Å²) in [6, 6.07) is 10.1. The second kappa shape index (κ2) is 7.74. The lowest BCUT2D eigenvalue weighted by atomic mass is 10.1. The number of carbonyl (C=O) groups is 1. The van der Waals surface area contributed by atoms with Crippen LogP contribution in [0.2, 0.25) is 5.02 Å². The zero-order chi connectivity index (χ0) is 16.8. The molecule has 2 rings (SSSR count). The van der Waals surface area contributed by atoms with Gasteiger partial charge in [0.05, 0.1) is 32.1 Å². The van der Waals surface area contributed by atoms with Crippen molar-refractivity contribution in [2.24, 2.45) is 0 Å². The molecule has 2 aromatic rings. The lowest BCUT2D eigenvalue weighted by Gasteiger charge is -2.14. The topological polar surface area (TPSA) is 56.8 Å². The van der Waals surface area contributed by atoms with Crippen LogP contribution in [0.1, 0.15) is 17.3 Å². The number of carbonyl (C=O) groups excluding carboxylic acids is 1. The summed E-state index contributed by atoms with van der Waals surface area (Å²) in [7, 11) is 3.09. The molecule has 1 N–H and O–H groups in total. The first kappa shape index (κ1) is 17.0. The number of benzene rings is 2. The summed E-state index contributed by atoms with van der Waals surface area (Å²) in [6.07, 6.45) is 0. The lowest BCUT2D eigenvalue weighted by molar-refractivity contribution is 0.102. The molecule has 0 atom stereocenters. The van der Waals surface area contributed by atoms with Crippen LogP contribution < -0.4 is 19.5 Å². The third-order valence-electron chi connectivity index (χ3n) is 3.14. The van der Waals surface area contributed by atoms with Crippen LogP contribution in [0.5, 0.6) is 17.2 Å². The molecule has 0 aliphatic carbocycles. The van der Waals surface area contributed by atoms with Crippen LogP contribution in [0.3, 0.4) is 0 Å². The lowest BCUT2D eigenvalue weighted by Crippen LogP contribution is -2.14. The normalized spacial score (nSPS) is 10.1. The highest BCUT2D eigenvalue weighted by Gasteiger charge is 2.16. The van der Waals surface area contributed by atoms with Gasteiger partial charge in [-0.15, -0.1) is 0 Å². The maximum atomic E-state index is 12.5. The Morgan fingerprint density at radius 2 is 1.87 bits per heavy atom. The Kier molecular flexibility index (Phi) is 5.71. The molecule has 2 aromatic carbocycles. The van der Waals surface area contributed by atoms with Gasteiger partial charge < -0.3 is 19.5 Å². The van der Waals surface area contributed by atoms with Gasteiger partial charge in [-0.25, -0.2) is 0 Å². The van der Waals surface area contributed by atoms with E-state index in [-0.39, 0.29) is 5.91 Å². The summed E-state index contributed by atoms with van der Waals surface area (Å²) in [5, 5.41) is 3.26. The number of anilines is 1. The van der Waals surface area contributed by atoms with Crippen LogP contribution in [0.4, 0.5) is 5.69 Å². The summed E-state index contributed by atoms with van der Waals surface area (Å²) < 4.78 is 15.9. The van der Waals surface area contributed by atoms with Crippen molar-refractivity contribution in [1.82, 2.24) is 0 Å². The van der Waals surface area contributed by atoms with Gasteiger partial charge in [-0.2, -0.15) is 0 Å². The second-order valence-electron chi connectivity index (χ2n) is 4.59. The van der Waals surface area contributed by atoms with Gasteiger partial charge in [0.25, 0.3) is 5.91 Å². The highest BCUT2D eigenvalue weighted by atomic mass is 35.5. The Morgan fingerprint density at radius 1 is 1.09 bits per heavy atom. The fourth-order valence-corrected chi connectivity index (χ4v) is 2.22. The van der Waals surface area contributed by atoms with Gasteiger partial charge in [-0.1, -0.05) is 11.6 Å². The Balaban J connectivity index is 2.30. The molecule has 23 heavy (non-hydrogen) atoms. The molecule has 0 aliphatic heterocycles. The van der Waals surface area contributed by atoms with Crippen LogP contribution in [0.25, 0.3) is 0 Å². The van der Waals surface area contributed by atoms with Crippen LogP contribution in [0.15, 0.2) is 36.4 Å². The molecule has 0 heterocycles. The van der Waals surface area contributed by atoms with E-state index in [2.05, 4.69) is 5.32 Å². The Labute approximate surface area is 140 Å². The van der Waals surface area contributed by atoms with Gasteiger partial charge >= 0.3 is 0 Å². The summed E-state index contributed by atoms with van der Waals surface area (Å²) in [5.41, 5.74) is 0.887. The highest BCUT2D eigenvalue weighted by Crippen LogP contribution is 2.30. The van der Waals surface area contributed by atoms with E-state index in [0.29, 0.717) is 40.1 Å². The first-order valence-electron chi connectivity index (χ1n) is 7.04. The van der Waals surface area contributed by atoms with E-state index in [1.54, 1.807) is 43.5 Å². The number of hydrogen-bond donors (Lipinski definition) is 1. The molecule has 0 radical (unpaired) electrons. The maximum absolute atomic E-state index is 12.5. The molecule has 0 unspecified atom stereocenters. The third kappa shape index (κ3) is 4.07. The zero-order valence-electron chi connectivity index (χ0n) is 13.2. The molecule has 6 heteroatoms. The van der Waals surface area contributed by atoms with E-state index in [0.717, 1.165) is 0 Å². The van der Waals surface area contributed by atoms with Gasteiger partial charge in [-0.3, -0.25) is 4.79 Å². The van der Waals surface area contributed by atoms with Crippen LogP contribution >= 0.6 is 11.6 Å². The van der Waals surface area contributed by atoms with Gasteiger partial charge in [0.15, 0.2) is 0 Å². The third-order valence-corrected chi connectivity index (χ3v) is 3.38. The predicted molar refractivity (Wildman–Crippen MR) is 90.1 cm³/mol. The Hall–Kier alpha value is -2.40. The summed E-state index contributed by atoms with van der Waals surface area (Å²) in [5.74, 6) is 1.27. The zero-order valence-corrected chi connectivity index (χ0v) is 13.9. The van der Waals surface area contributed by atoms with Crippen molar-refractivity contribution in [1.29, 1.82) is 0 Å². The van der Waals surface area contributed by atoms with Crippen LogP contribution in [-0.2, 0) is 0 Å². The molecule has 0 bridgehead atoms. The molecule has 122 valence electrons. The minimum absolute atomic E-state index is 0.334. The van der Waals surface area contributed by atoms with Gasteiger partial charge in [0, 0.05) is 11.1 Å². The van der Waals surface area contributed by atoms with Crippen molar-refractivity contribution in [3.05, 3.63) is 47.0 Å². The first-order valence-corrected chi connectivity index (χ1v) is 7.42. The molecule has 0 saturated heterocycles. The number of halogens is 1. The number of rotatable bonds is 6. The van der Waals surface area contributed by atoms with Gasteiger partial charge in [-0.05, 0) is 37.3 Å². The predicted octanol–water partition coefficient (Wildman–Crippen LogP) is 4.01. The van der Waals surface area contributed by atoms with Crippen molar-refractivity contribution in [2.75, 3.05) is 26.1 Å². The van der Waals surface area contributed by atoms with E-state index in [4.69, 9.17) is 25.8 Å². The number of ether oxygens (including phenoxy) is 3. The van der Waals surface area contributed by atoms with Crippen molar-refractivity contribution in [3.8, 4) is 17.2 Å². The average Bonchev–Trinajstić information content (AvgIpc) is 2.56.